The third kappa shape index (κ3) is 4.46. The van der Waals surface area contributed by atoms with Crippen molar-refractivity contribution in [2.75, 3.05) is 7.11 Å². The second kappa shape index (κ2) is 9.83. The number of fused-ring (bicyclic) bond motifs is 3. The molecule has 0 saturated heterocycles. The number of aryl methyl sites for hydroxylation is 1. The quantitative estimate of drug-likeness (QED) is 0.429. The van der Waals surface area contributed by atoms with Crippen LogP contribution in [-0.4, -0.2) is 39.6 Å². The van der Waals surface area contributed by atoms with Gasteiger partial charge >= 0.3 is 12.1 Å². The van der Waals surface area contributed by atoms with Gasteiger partial charge in [-0.15, -0.1) is 10.2 Å². The molecule has 0 fully saturated rings. The van der Waals surface area contributed by atoms with Crippen LogP contribution >= 0.6 is 0 Å². The Morgan fingerprint density at radius 1 is 0.972 bits per heavy atom. The van der Waals surface area contributed by atoms with Gasteiger partial charge in [-0.3, -0.25) is 14.9 Å². The molecule has 1 unspecified atom stereocenters. The minimum atomic E-state index is -0.890. The SMILES string of the molecule is COC(=O)c1ccc2c(c1)-n1c(C)nnc1C(NC(=O)OCc1ccccc1)N=C2c1ccccc1. The molecule has 1 amide bonds. The summed E-state index contributed by atoms with van der Waals surface area (Å²) in [5.41, 5.74) is 4.10. The monoisotopic (exact) mass is 481 g/mol. The fraction of sp³-hybridized carbons (Fsp3) is 0.148. The van der Waals surface area contributed by atoms with Crippen molar-refractivity contribution in [3.63, 3.8) is 0 Å². The van der Waals surface area contributed by atoms with Gasteiger partial charge in [-0.05, 0) is 30.7 Å². The Kier molecular flexibility index (Phi) is 6.27. The van der Waals surface area contributed by atoms with Gasteiger partial charge < -0.3 is 9.47 Å². The number of aliphatic imine (C=N–C) groups is 1. The number of carbonyl (C=O) groups excluding carboxylic acids is 2. The van der Waals surface area contributed by atoms with E-state index >= 15 is 0 Å². The minimum absolute atomic E-state index is 0.114. The zero-order valence-electron chi connectivity index (χ0n) is 19.7. The van der Waals surface area contributed by atoms with Crippen LogP contribution in [0.5, 0.6) is 0 Å². The zero-order valence-corrected chi connectivity index (χ0v) is 19.7. The van der Waals surface area contributed by atoms with Crippen LogP contribution in [0.25, 0.3) is 5.69 Å². The van der Waals surface area contributed by atoms with E-state index in [0.29, 0.717) is 28.6 Å². The van der Waals surface area contributed by atoms with Crippen LogP contribution < -0.4 is 5.32 Å². The zero-order chi connectivity index (χ0) is 25.1. The van der Waals surface area contributed by atoms with Crippen molar-refractivity contribution in [3.8, 4) is 5.69 Å². The van der Waals surface area contributed by atoms with Gasteiger partial charge in [0.2, 0.25) is 0 Å². The van der Waals surface area contributed by atoms with Gasteiger partial charge in [0.15, 0.2) is 12.0 Å². The summed E-state index contributed by atoms with van der Waals surface area (Å²) in [6, 6.07) is 24.2. The number of nitrogens with zero attached hydrogens (tertiary/aromatic N) is 4. The van der Waals surface area contributed by atoms with E-state index in [1.165, 1.54) is 7.11 Å². The molecule has 9 nitrogen and oxygen atoms in total. The Morgan fingerprint density at radius 2 is 1.69 bits per heavy atom. The number of ether oxygens (including phenoxy) is 2. The lowest BCUT2D eigenvalue weighted by molar-refractivity contribution is 0.0600. The molecule has 0 bridgehead atoms. The third-order valence-electron chi connectivity index (χ3n) is 5.78. The molecule has 0 radical (unpaired) electrons. The lowest BCUT2D eigenvalue weighted by Crippen LogP contribution is -2.30. The molecule has 36 heavy (non-hydrogen) atoms. The van der Waals surface area contributed by atoms with Crippen molar-refractivity contribution >= 4 is 17.8 Å². The number of alkyl carbamates (subject to hydrolysis) is 1. The standard InChI is InChI=1S/C27H23N5O4/c1-17-30-31-25-24(29-27(34)36-16-18-9-5-3-6-10-18)28-23(19-11-7-4-8-12-19)21-14-13-20(26(33)35-2)15-22(21)32(17)25/h3-15,24H,16H2,1-2H3,(H,29,34). The Morgan fingerprint density at radius 3 is 2.42 bits per heavy atom. The molecule has 1 aliphatic rings. The highest BCUT2D eigenvalue weighted by molar-refractivity contribution is 6.15. The van der Waals surface area contributed by atoms with Gasteiger partial charge in [-0.2, -0.15) is 0 Å². The second-order valence-corrected chi connectivity index (χ2v) is 8.12. The lowest BCUT2D eigenvalue weighted by Gasteiger charge is -2.15. The maximum Gasteiger partial charge on any atom is 0.409 e. The fourth-order valence-corrected chi connectivity index (χ4v) is 4.07. The van der Waals surface area contributed by atoms with E-state index < -0.39 is 18.2 Å². The fourth-order valence-electron chi connectivity index (χ4n) is 4.07. The van der Waals surface area contributed by atoms with E-state index in [0.717, 1.165) is 16.7 Å². The lowest BCUT2D eigenvalue weighted by atomic mass is 9.99. The minimum Gasteiger partial charge on any atom is -0.465 e. The number of hydrogen-bond donors (Lipinski definition) is 1. The summed E-state index contributed by atoms with van der Waals surface area (Å²) >= 11 is 0. The van der Waals surface area contributed by atoms with Crippen molar-refractivity contribution in [2.24, 2.45) is 4.99 Å². The van der Waals surface area contributed by atoms with Gasteiger partial charge in [0.05, 0.1) is 24.1 Å². The number of carbonyl (C=O) groups is 2. The van der Waals surface area contributed by atoms with Crippen LogP contribution in [0.4, 0.5) is 4.79 Å². The number of amides is 1. The summed E-state index contributed by atoms with van der Waals surface area (Å²) < 4.78 is 12.1. The molecule has 0 aliphatic carbocycles. The molecule has 1 atom stereocenters. The molecule has 3 aromatic carbocycles. The average Bonchev–Trinajstić information content (AvgIpc) is 3.24. The van der Waals surface area contributed by atoms with Crippen LogP contribution in [0.1, 0.15) is 44.9 Å². The number of nitrogens with one attached hydrogen (secondary N) is 1. The summed E-state index contributed by atoms with van der Waals surface area (Å²) in [6.45, 7) is 1.91. The van der Waals surface area contributed by atoms with E-state index in [4.69, 9.17) is 14.5 Å². The highest BCUT2D eigenvalue weighted by Gasteiger charge is 2.30. The maximum atomic E-state index is 12.8. The number of methoxy groups -OCH3 is 1. The topological polar surface area (TPSA) is 108 Å². The first-order chi connectivity index (χ1) is 17.5. The predicted molar refractivity (Wildman–Crippen MR) is 132 cm³/mol. The van der Waals surface area contributed by atoms with Crippen molar-refractivity contribution in [1.29, 1.82) is 0 Å². The summed E-state index contributed by atoms with van der Waals surface area (Å²) in [6.07, 6.45) is -1.54. The van der Waals surface area contributed by atoms with Crippen molar-refractivity contribution < 1.29 is 19.1 Å². The highest BCUT2D eigenvalue weighted by atomic mass is 16.5. The molecule has 180 valence electrons. The smallest absolute Gasteiger partial charge is 0.409 e. The van der Waals surface area contributed by atoms with Crippen molar-refractivity contribution in [3.05, 3.63) is 113 Å². The highest BCUT2D eigenvalue weighted by Crippen LogP contribution is 2.31. The van der Waals surface area contributed by atoms with Crippen molar-refractivity contribution in [1.82, 2.24) is 20.1 Å². The maximum absolute atomic E-state index is 12.8. The first kappa shape index (κ1) is 23.0. The summed E-state index contributed by atoms with van der Waals surface area (Å²) in [5, 5.41) is 11.3. The number of aromatic nitrogens is 3. The van der Waals surface area contributed by atoms with Crippen molar-refractivity contribution in [2.45, 2.75) is 19.7 Å². The molecule has 5 rings (SSSR count). The Bertz CT molecular complexity index is 1450. The summed E-state index contributed by atoms with van der Waals surface area (Å²) in [5.74, 6) is 0.493. The Balaban J connectivity index is 1.58. The molecular weight excluding hydrogens is 458 g/mol. The van der Waals surface area contributed by atoms with E-state index in [1.807, 2.05) is 66.7 Å². The molecule has 0 spiro atoms. The van der Waals surface area contributed by atoms with E-state index in [-0.39, 0.29) is 6.61 Å². The van der Waals surface area contributed by atoms with Crippen LogP contribution in [0.2, 0.25) is 0 Å². The van der Waals surface area contributed by atoms with Crippen LogP contribution in [0.3, 0.4) is 0 Å². The third-order valence-corrected chi connectivity index (χ3v) is 5.78. The molecule has 1 aromatic heterocycles. The van der Waals surface area contributed by atoms with Gasteiger partial charge in [-0.25, -0.2) is 9.59 Å². The summed E-state index contributed by atoms with van der Waals surface area (Å²) in [4.78, 5) is 30.0. The van der Waals surface area contributed by atoms with E-state index in [1.54, 1.807) is 23.6 Å². The molecule has 2 heterocycles. The average molecular weight is 482 g/mol. The Labute approximate surface area is 207 Å². The van der Waals surface area contributed by atoms with E-state index in [2.05, 4.69) is 15.5 Å². The predicted octanol–water partition coefficient (Wildman–Crippen LogP) is 4.14. The largest absolute Gasteiger partial charge is 0.465 e. The van der Waals surface area contributed by atoms with Gasteiger partial charge in [-0.1, -0.05) is 60.7 Å². The number of rotatable bonds is 5. The Hall–Kier alpha value is -4.79. The number of esters is 1. The van der Waals surface area contributed by atoms with Crippen LogP contribution in [-0.2, 0) is 16.1 Å². The van der Waals surface area contributed by atoms with Crippen LogP contribution in [0.15, 0.2) is 83.9 Å². The summed E-state index contributed by atoms with van der Waals surface area (Å²) in [7, 11) is 1.33. The van der Waals surface area contributed by atoms with E-state index in [9.17, 15) is 9.59 Å². The van der Waals surface area contributed by atoms with Gasteiger partial charge in [0.25, 0.3) is 0 Å². The number of hydrogen-bond acceptors (Lipinski definition) is 7. The first-order valence-corrected chi connectivity index (χ1v) is 11.3. The first-order valence-electron chi connectivity index (χ1n) is 11.3. The molecule has 9 heteroatoms. The van der Waals surface area contributed by atoms with Crippen LogP contribution in [0, 0.1) is 6.92 Å². The molecule has 1 N–H and O–H groups in total. The normalized spacial score (nSPS) is 14.1. The second-order valence-electron chi connectivity index (χ2n) is 8.12. The molecular formula is C27H23N5O4. The molecule has 4 aromatic rings. The molecule has 0 saturated carbocycles. The number of benzene rings is 3. The van der Waals surface area contributed by atoms with Gasteiger partial charge in [0.1, 0.15) is 12.4 Å². The molecule has 1 aliphatic heterocycles. The van der Waals surface area contributed by atoms with Gasteiger partial charge in [0, 0.05) is 11.1 Å².